The van der Waals surface area contributed by atoms with Crippen LogP contribution in [-0.4, -0.2) is 55.6 Å². The second-order valence-corrected chi connectivity index (χ2v) is 29.9. The van der Waals surface area contributed by atoms with Crippen LogP contribution < -0.4 is 10.4 Å². The molecular formula is C94H85N11. The molecule has 0 spiro atoms. The number of unbranched alkanes of at least 4 members (excludes halogenated alkanes) is 15. The number of H-pyrrole nitrogens is 2. The number of benzene rings is 7. The van der Waals surface area contributed by atoms with Gasteiger partial charge in [-0.3, -0.25) is 0 Å². The number of aryl methyl sites for hydroxylation is 3. The molecule has 14 aromatic rings. The molecule has 19 rings (SSSR count). The third-order valence-corrected chi connectivity index (χ3v) is 22.9. The topological polar surface area (TPSA) is 147 Å². The lowest BCUT2D eigenvalue weighted by Gasteiger charge is -2.13. The minimum atomic E-state index is 0.569. The van der Waals surface area contributed by atoms with Crippen molar-refractivity contribution in [1.29, 1.82) is 0 Å². The van der Waals surface area contributed by atoms with Gasteiger partial charge in [0.2, 0.25) is 0 Å². The van der Waals surface area contributed by atoms with E-state index in [0.29, 0.717) is 61.6 Å². The molecule has 7 aromatic heterocycles. The van der Waals surface area contributed by atoms with E-state index in [-0.39, 0.29) is 0 Å². The third-order valence-electron chi connectivity index (χ3n) is 22.9. The fourth-order valence-corrected chi connectivity index (χ4v) is 17.2. The van der Waals surface area contributed by atoms with Crippen molar-refractivity contribution in [3.8, 4) is 22.3 Å². The number of aliphatic imine (C=N–C) groups is 1. The first kappa shape index (κ1) is 64.7. The second-order valence-electron chi connectivity index (χ2n) is 29.9. The van der Waals surface area contributed by atoms with Crippen molar-refractivity contribution >= 4 is 157 Å². The van der Waals surface area contributed by atoms with Crippen molar-refractivity contribution in [3.63, 3.8) is 0 Å². The number of aromatic amines is 2. The Labute approximate surface area is 611 Å². The monoisotopic (exact) mass is 1370 g/mol. The molecule has 5 aliphatic rings. The molecule has 105 heavy (non-hydrogen) atoms. The number of nitrogens with zero attached hydrogens (tertiary/aromatic N) is 9. The molecular weight excluding hydrogens is 1280 g/mol. The Morgan fingerprint density at radius 1 is 0.276 bits per heavy atom. The summed E-state index contributed by atoms with van der Waals surface area (Å²) in [4.78, 5) is 60.7. The molecule has 0 amide bonds. The highest BCUT2D eigenvalue weighted by Gasteiger charge is 2.28. The van der Waals surface area contributed by atoms with E-state index in [2.05, 4.69) is 213 Å². The van der Waals surface area contributed by atoms with Gasteiger partial charge in [-0.25, -0.2) is 44.9 Å². The van der Waals surface area contributed by atoms with Gasteiger partial charge in [-0.15, -0.1) is 0 Å². The van der Waals surface area contributed by atoms with Crippen LogP contribution in [0.15, 0.2) is 168 Å². The summed E-state index contributed by atoms with van der Waals surface area (Å²) in [7, 11) is 0. The summed E-state index contributed by atoms with van der Waals surface area (Å²) in [6.07, 6.45) is 44.2. The lowest BCUT2D eigenvalue weighted by atomic mass is 9.93. The fraction of sp³-hybridized carbons (Fsp3) is 0.266. The largest absolute Gasteiger partial charge is 0.354 e. The first-order chi connectivity index (χ1) is 51.9. The van der Waals surface area contributed by atoms with E-state index >= 15 is 0 Å². The van der Waals surface area contributed by atoms with Gasteiger partial charge < -0.3 is 9.97 Å². The number of nitrogens with one attached hydrogen (secondary N) is 2. The highest BCUT2D eigenvalue weighted by Crippen LogP contribution is 2.42. The zero-order valence-corrected chi connectivity index (χ0v) is 60.4. The minimum absolute atomic E-state index is 0.569. The molecule has 1 aliphatic carbocycles. The highest BCUT2D eigenvalue weighted by atomic mass is 14.9. The molecule has 4 aliphatic heterocycles. The summed E-state index contributed by atoms with van der Waals surface area (Å²) in [5, 5.41) is 5.33. The molecule has 11 nitrogen and oxygen atoms in total. The van der Waals surface area contributed by atoms with E-state index in [4.69, 9.17) is 44.9 Å². The molecule has 11 heteroatoms. The van der Waals surface area contributed by atoms with Gasteiger partial charge >= 0.3 is 0 Å². The third kappa shape index (κ3) is 11.7. The first-order valence-corrected chi connectivity index (χ1v) is 39.1. The van der Waals surface area contributed by atoms with Crippen LogP contribution in [0.2, 0.25) is 0 Å². The van der Waals surface area contributed by atoms with E-state index in [1.165, 1.54) is 138 Å². The number of allylic oxidation sites excluding steroid dienone is 5. The van der Waals surface area contributed by atoms with E-state index in [1.54, 1.807) is 0 Å². The van der Waals surface area contributed by atoms with Gasteiger partial charge in [-0.1, -0.05) is 208 Å². The van der Waals surface area contributed by atoms with Crippen LogP contribution >= 0.6 is 0 Å². The molecule has 0 fully saturated rings. The normalized spacial score (nSPS) is 14.1. The zero-order chi connectivity index (χ0) is 70.1. The predicted octanol–water partition coefficient (Wildman–Crippen LogP) is 22.9. The van der Waals surface area contributed by atoms with E-state index in [0.717, 1.165) is 157 Å². The maximum atomic E-state index is 5.99. The van der Waals surface area contributed by atoms with Crippen LogP contribution in [0, 0.1) is 0 Å². The van der Waals surface area contributed by atoms with Crippen LogP contribution in [0.25, 0.3) is 173 Å². The average molecular weight is 1370 g/mol. The van der Waals surface area contributed by atoms with Gasteiger partial charge in [0.1, 0.15) is 33.1 Å². The van der Waals surface area contributed by atoms with Gasteiger partial charge in [0.25, 0.3) is 0 Å². The SMILES string of the molecule is CCCCCCCCc1ccc(C2=C3C=CC(=c4ccc5c6nc(c(-c7ccc(CCCCCCCC)cc7)c7ccc([nH]7)c7ccc8c9nc(c(-c%10ccc(CCCCCCCC)cc%10)c%10ccc([nH]%10)c%10ccc(c%11nc%12c%13nc4c5nc%13c4nc7c8nc4c%12nc%11%10)=C4C=CC2=N4)C=C9)C=C6)C3)cc1. The lowest BCUT2D eigenvalue weighted by molar-refractivity contribution is 0.607. The predicted molar refractivity (Wildman–Crippen MR) is 440 cm³/mol. The Balaban J connectivity index is 0.909. The Hall–Kier alpha value is -11.2. The van der Waals surface area contributed by atoms with Crippen LogP contribution in [-0.2, 0) is 19.3 Å². The van der Waals surface area contributed by atoms with Crippen molar-refractivity contribution in [2.75, 3.05) is 0 Å². The number of hydrogen-bond acceptors (Lipinski definition) is 9. The maximum Gasteiger partial charge on any atom is 0.120 e. The fourth-order valence-electron chi connectivity index (χ4n) is 17.2. The Morgan fingerprint density at radius 3 is 1.15 bits per heavy atom. The standard InChI is InChI=1S/C94H85N11/c1-4-7-10-13-16-19-22-56-25-31-59(32-26-56)80-63-38-37-62(55-63)64-39-40-65-71-46-51-76(96-71)81(60-33-27-57(28-34-60)23-20-17-14-11-8-5-2)77-52-48-73(98-77)68-43-44-69-74-49-54-79(99-74)82(61-35-29-58(30-36-61)24-21-18-15-12-9-6-3)78-53-47-72(97-78)67-42-41-66(70-45-50-75(80)95-70)85-86(67)104-93-91(102-85)89-90(101-84(65)83(64)100-89)92-94(93)105-88(69)87(68)103-92/h25-54,97-98H,4-24,55H2,1-3H3. The maximum absolute atomic E-state index is 5.99. The van der Waals surface area contributed by atoms with Crippen LogP contribution in [0.4, 0.5) is 0 Å². The van der Waals surface area contributed by atoms with Crippen LogP contribution in [0.5, 0.6) is 0 Å². The van der Waals surface area contributed by atoms with Crippen LogP contribution in [0.1, 0.15) is 188 Å². The van der Waals surface area contributed by atoms with Gasteiger partial charge in [-0.05, 0) is 181 Å². The van der Waals surface area contributed by atoms with Crippen molar-refractivity contribution in [2.24, 2.45) is 4.99 Å². The molecule has 24 bridgehead atoms. The lowest BCUT2D eigenvalue weighted by Crippen LogP contribution is -2.11. The van der Waals surface area contributed by atoms with E-state index < -0.39 is 0 Å². The van der Waals surface area contributed by atoms with Crippen molar-refractivity contribution in [2.45, 2.75) is 162 Å². The second kappa shape index (κ2) is 27.5. The first-order valence-electron chi connectivity index (χ1n) is 39.1. The van der Waals surface area contributed by atoms with Crippen molar-refractivity contribution < 1.29 is 0 Å². The summed E-state index contributed by atoms with van der Waals surface area (Å²) in [5.74, 6) is 0. The molecule has 2 N–H and O–H groups in total. The van der Waals surface area contributed by atoms with Gasteiger partial charge in [-0.2, -0.15) is 0 Å². The number of rotatable bonds is 24. The van der Waals surface area contributed by atoms with Gasteiger partial charge in [0, 0.05) is 70.7 Å². The molecule has 7 aromatic carbocycles. The Kier molecular flexibility index (Phi) is 16.9. The van der Waals surface area contributed by atoms with E-state index in [9.17, 15) is 0 Å². The molecule has 516 valence electrons. The molecule has 0 saturated heterocycles. The molecule has 0 radical (unpaired) electrons. The zero-order valence-electron chi connectivity index (χ0n) is 60.4. The molecule has 11 heterocycles. The smallest absolute Gasteiger partial charge is 0.120 e. The number of aromatic nitrogens is 10. The summed E-state index contributed by atoms with van der Waals surface area (Å²) >= 11 is 0. The summed E-state index contributed by atoms with van der Waals surface area (Å²) in [6.45, 7) is 6.85. The van der Waals surface area contributed by atoms with Crippen LogP contribution in [0.3, 0.4) is 0 Å². The Morgan fingerprint density at radius 2 is 0.648 bits per heavy atom. The summed E-state index contributed by atoms with van der Waals surface area (Å²) in [6, 6.07) is 49.7. The average Bonchev–Trinajstić information content (AvgIpc) is 1.50. The molecule has 0 unspecified atom stereocenters. The molecule has 0 saturated carbocycles. The highest BCUT2D eigenvalue weighted by molar-refractivity contribution is 6.33. The molecule has 0 atom stereocenters. The minimum Gasteiger partial charge on any atom is -0.354 e. The number of hydrogen-bond donors (Lipinski definition) is 2. The van der Waals surface area contributed by atoms with Crippen molar-refractivity contribution in [3.05, 3.63) is 219 Å². The summed E-state index contributed by atoms with van der Waals surface area (Å²) < 4.78 is 0. The Bertz CT molecular complexity index is 6360. The van der Waals surface area contributed by atoms with E-state index in [1.807, 2.05) is 0 Å². The summed E-state index contributed by atoms with van der Waals surface area (Å²) in [5.41, 5.74) is 29.2. The van der Waals surface area contributed by atoms with Crippen molar-refractivity contribution in [1.82, 2.24) is 49.8 Å². The van der Waals surface area contributed by atoms with Gasteiger partial charge in [0.15, 0.2) is 0 Å². The number of fused-ring (bicyclic) bond motifs is 15. The quantitative estimate of drug-likeness (QED) is 0.0345. The van der Waals surface area contributed by atoms with Gasteiger partial charge in [0.05, 0.1) is 67.3 Å².